The molecule has 0 spiro atoms. The predicted octanol–water partition coefficient (Wildman–Crippen LogP) is 3.28. The highest BCUT2D eigenvalue weighted by Gasteiger charge is 2.04. The second-order valence-electron chi connectivity index (χ2n) is 5.17. The number of hydrogen-bond acceptors (Lipinski definition) is 5. The lowest BCUT2D eigenvalue weighted by atomic mass is 10.1. The number of rotatable bonds is 5. The number of aliphatic imine (C=N–C) groups is 1. The topological polar surface area (TPSA) is 66.5 Å². The second-order valence-corrected chi connectivity index (χ2v) is 5.66. The van der Waals surface area contributed by atoms with E-state index in [4.69, 9.17) is 4.74 Å². The number of methoxy groups -OCH3 is 1. The maximum Gasteiger partial charge on any atom is 0.257 e. The first kappa shape index (κ1) is 16.1. The summed E-state index contributed by atoms with van der Waals surface area (Å²) in [6, 6.07) is 16.9. The number of nitrogens with one attached hydrogen (secondary N) is 2. The lowest BCUT2D eigenvalue weighted by molar-refractivity contribution is 0.415. The molecule has 3 aromatic rings. The molecule has 2 N–H and O–H groups in total. The molecule has 0 saturated heterocycles. The molecule has 6 heteroatoms. The first-order chi connectivity index (χ1) is 11.7. The molecule has 0 saturated carbocycles. The molecular weight excluding hydrogens is 322 g/mol. The van der Waals surface area contributed by atoms with Gasteiger partial charge in [-0.3, -0.25) is 9.79 Å². The van der Waals surface area contributed by atoms with Crippen molar-refractivity contribution in [2.24, 2.45) is 4.99 Å². The van der Waals surface area contributed by atoms with Crippen molar-refractivity contribution in [3.05, 3.63) is 70.5 Å². The first-order valence-corrected chi connectivity index (χ1v) is 7.91. The number of anilines is 1. The SMILES string of the molecule is COc1ccc2[nH]c(=O)c(/C=N/C(S)Nc3ccccc3)cc2c1. The number of nitrogens with zero attached hydrogens (tertiary/aromatic N) is 1. The molecule has 24 heavy (non-hydrogen) atoms. The monoisotopic (exact) mass is 339 g/mol. The molecule has 0 aliphatic heterocycles. The lowest BCUT2D eigenvalue weighted by Crippen LogP contribution is -2.14. The van der Waals surface area contributed by atoms with Gasteiger partial charge in [-0.25, -0.2) is 0 Å². The van der Waals surface area contributed by atoms with Crippen LogP contribution >= 0.6 is 12.6 Å². The van der Waals surface area contributed by atoms with Gasteiger partial charge in [0.1, 0.15) is 5.75 Å². The Balaban J connectivity index is 1.83. The number of thiol groups is 1. The van der Waals surface area contributed by atoms with Crippen LogP contribution in [0.3, 0.4) is 0 Å². The summed E-state index contributed by atoms with van der Waals surface area (Å²) in [5, 5.41) is 4.00. The summed E-state index contributed by atoms with van der Waals surface area (Å²) in [6.45, 7) is 0. The Morgan fingerprint density at radius 2 is 2.00 bits per heavy atom. The molecule has 2 aromatic carbocycles. The summed E-state index contributed by atoms with van der Waals surface area (Å²) in [5.74, 6) is 0.732. The third-order valence-electron chi connectivity index (χ3n) is 3.50. The van der Waals surface area contributed by atoms with Crippen molar-refractivity contribution >= 4 is 35.4 Å². The molecule has 1 unspecified atom stereocenters. The smallest absolute Gasteiger partial charge is 0.257 e. The summed E-state index contributed by atoms with van der Waals surface area (Å²) < 4.78 is 5.21. The fraction of sp³-hybridized carbons (Fsp3) is 0.111. The Morgan fingerprint density at radius 1 is 1.21 bits per heavy atom. The average molecular weight is 339 g/mol. The molecule has 5 nitrogen and oxygen atoms in total. The minimum absolute atomic E-state index is 0.198. The van der Waals surface area contributed by atoms with Crippen LogP contribution < -0.4 is 15.6 Å². The molecular formula is C18H17N3O2S. The van der Waals surface area contributed by atoms with Crippen molar-refractivity contribution in [3.8, 4) is 5.75 Å². The molecule has 0 bridgehead atoms. The van der Waals surface area contributed by atoms with Crippen LogP contribution in [0.1, 0.15) is 5.56 Å². The number of aromatic nitrogens is 1. The zero-order chi connectivity index (χ0) is 16.9. The number of H-pyrrole nitrogens is 1. The third-order valence-corrected chi connectivity index (χ3v) is 3.77. The van der Waals surface area contributed by atoms with Gasteiger partial charge < -0.3 is 15.0 Å². The van der Waals surface area contributed by atoms with Crippen molar-refractivity contribution in [1.29, 1.82) is 0 Å². The van der Waals surface area contributed by atoms with Crippen molar-refractivity contribution in [1.82, 2.24) is 4.98 Å². The molecule has 0 radical (unpaired) electrons. The van der Waals surface area contributed by atoms with E-state index in [2.05, 4.69) is 27.9 Å². The van der Waals surface area contributed by atoms with Crippen LogP contribution in [0.2, 0.25) is 0 Å². The molecule has 122 valence electrons. The van der Waals surface area contributed by atoms with Gasteiger partial charge in [0.05, 0.1) is 12.7 Å². The summed E-state index contributed by atoms with van der Waals surface area (Å²) >= 11 is 4.37. The number of aromatic amines is 1. The van der Waals surface area contributed by atoms with Crippen LogP contribution in [-0.4, -0.2) is 23.8 Å². The number of pyridine rings is 1. The Labute approximate surface area is 144 Å². The van der Waals surface area contributed by atoms with E-state index in [0.717, 1.165) is 22.3 Å². The van der Waals surface area contributed by atoms with Gasteiger partial charge in [-0.15, -0.1) is 12.6 Å². The zero-order valence-electron chi connectivity index (χ0n) is 13.1. The Bertz CT molecular complexity index is 922. The van der Waals surface area contributed by atoms with Gasteiger partial charge in [0.25, 0.3) is 5.56 Å². The van der Waals surface area contributed by atoms with E-state index in [0.29, 0.717) is 5.56 Å². The van der Waals surface area contributed by atoms with Crippen LogP contribution in [0, 0.1) is 0 Å². The normalized spacial score (nSPS) is 12.4. The van der Waals surface area contributed by atoms with E-state index >= 15 is 0 Å². The van der Waals surface area contributed by atoms with Gasteiger partial charge >= 0.3 is 0 Å². The quantitative estimate of drug-likeness (QED) is 0.380. The van der Waals surface area contributed by atoms with E-state index in [9.17, 15) is 4.79 Å². The van der Waals surface area contributed by atoms with E-state index in [1.807, 2.05) is 42.5 Å². The number of hydrogen-bond donors (Lipinski definition) is 3. The molecule has 1 atom stereocenters. The molecule has 0 aliphatic rings. The largest absolute Gasteiger partial charge is 0.497 e. The van der Waals surface area contributed by atoms with E-state index in [-0.39, 0.29) is 5.56 Å². The number of ether oxygens (including phenoxy) is 1. The predicted molar refractivity (Wildman–Crippen MR) is 102 cm³/mol. The van der Waals surface area contributed by atoms with Crippen LogP contribution in [0.4, 0.5) is 5.69 Å². The van der Waals surface area contributed by atoms with Gasteiger partial charge in [-0.2, -0.15) is 0 Å². The van der Waals surface area contributed by atoms with Gasteiger partial charge in [0, 0.05) is 22.8 Å². The Kier molecular flexibility index (Phi) is 4.86. The van der Waals surface area contributed by atoms with Gasteiger partial charge in [0.15, 0.2) is 5.50 Å². The molecule has 0 fully saturated rings. The molecule has 1 aromatic heterocycles. The summed E-state index contributed by atoms with van der Waals surface area (Å²) in [5.41, 5.74) is 1.48. The van der Waals surface area contributed by atoms with E-state index in [1.165, 1.54) is 6.21 Å². The standard InChI is InChI=1S/C18H17N3O2S/c1-23-15-7-8-16-12(10-15)9-13(17(22)21-16)11-19-18(24)20-14-5-3-2-4-6-14/h2-11,18,20,24H,1H3,(H,21,22)/b19-11+. The maximum absolute atomic E-state index is 12.1. The highest BCUT2D eigenvalue weighted by molar-refractivity contribution is 7.81. The number of benzene rings is 2. The molecule has 3 rings (SSSR count). The fourth-order valence-electron chi connectivity index (χ4n) is 2.30. The first-order valence-electron chi connectivity index (χ1n) is 7.39. The van der Waals surface area contributed by atoms with Crippen LogP contribution in [0.15, 0.2) is 64.4 Å². The van der Waals surface area contributed by atoms with Crippen LogP contribution in [0.5, 0.6) is 5.75 Å². The van der Waals surface area contributed by atoms with E-state index in [1.54, 1.807) is 19.2 Å². The highest BCUT2D eigenvalue weighted by Crippen LogP contribution is 2.18. The Hall–Kier alpha value is -2.73. The van der Waals surface area contributed by atoms with E-state index < -0.39 is 5.50 Å². The zero-order valence-corrected chi connectivity index (χ0v) is 14.0. The molecule has 0 amide bonds. The van der Waals surface area contributed by atoms with Crippen LogP contribution in [0.25, 0.3) is 10.9 Å². The Morgan fingerprint density at radius 3 is 2.75 bits per heavy atom. The summed E-state index contributed by atoms with van der Waals surface area (Å²) in [6.07, 6.45) is 1.52. The van der Waals surface area contributed by atoms with Crippen LogP contribution in [-0.2, 0) is 0 Å². The van der Waals surface area contributed by atoms with Gasteiger partial charge in [-0.05, 0) is 36.4 Å². The second kappa shape index (κ2) is 7.23. The number of fused-ring (bicyclic) bond motifs is 1. The molecule has 1 heterocycles. The highest BCUT2D eigenvalue weighted by atomic mass is 32.1. The molecule has 0 aliphatic carbocycles. The van der Waals surface area contributed by atoms with Crippen molar-refractivity contribution in [3.63, 3.8) is 0 Å². The maximum atomic E-state index is 12.1. The minimum atomic E-state index is -0.451. The van der Waals surface area contributed by atoms with Gasteiger partial charge in [0.2, 0.25) is 0 Å². The number of para-hydroxylation sites is 1. The van der Waals surface area contributed by atoms with Crippen molar-refractivity contribution in [2.45, 2.75) is 5.50 Å². The third kappa shape index (κ3) is 3.78. The lowest BCUT2D eigenvalue weighted by Gasteiger charge is -2.09. The fourth-order valence-corrected chi connectivity index (χ4v) is 2.51. The van der Waals surface area contributed by atoms with Gasteiger partial charge in [-0.1, -0.05) is 18.2 Å². The van der Waals surface area contributed by atoms with Crippen molar-refractivity contribution < 1.29 is 4.74 Å². The summed E-state index contributed by atoms with van der Waals surface area (Å²) in [7, 11) is 1.61. The average Bonchev–Trinajstić information content (AvgIpc) is 2.60. The minimum Gasteiger partial charge on any atom is -0.497 e. The summed E-state index contributed by atoms with van der Waals surface area (Å²) in [4.78, 5) is 19.2. The van der Waals surface area contributed by atoms with Crippen molar-refractivity contribution in [2.75, 3.05) is 12.4 Å².